The number of aromatic nitrogens is 2. The van der Waals surface area contributed by atoms with Gasteiger partial charge in [0.05, 0.1) is 18.2 Å². The lowest BCUT2D eigenvalue weighted by Gasteiger charge is -2.20. The molecule has 0 fully saturated rings. The van der Waals surface area contributed by atoms with E-state index in [0.717, 1.165) is 52.8 Å². The van der Waals surface area contributed by atoms with Crippen LogP contribution >= 0.6 is 0 Å². The monoisotopic (exact) mass is 385 g/mol. The van der Waals surface area contributed by atoms with Gasteiger partial charge in [-0.1, -0.05) is 55.0 Å². The number of nitrogens with zero attached hydrogens (tertiary/aromatic N) is 2. The lowest BCUT2D eigenvalue weighted by molar-refractivity contribution is -0.135. The molecular weight excluding hydrogens is 362 g/mol. The number of methoxy groups -OCH3 is 1. The number of carbonyl (C=O) groups is 1. The fraction of sp³-hybridized carbons (Fsp3) is 0.208. The van der Waals surface area contributed by atoms with E-state index in [2.05, 4.69) is 12.2 Å². The van der Waals surface area contributed by atoms with Gasteiger partial charge in [-0.05, 0) is 37.5 Å². The normalized spacial score (nSPS) is 13.9. The number of fused-ring (bicyclic) bond motifs is 1. The van der Waals surface area contributed by atoms with Gasteiger partial charge in [0.2, 0.25) is 0 Å². The van der Waals surface area contributed by atoms with Crippen LogP contribution in [0.15, 0.2) is 77.5 Å². The predicted molar refractivity (Wildman–Crippen MR) is 115 cm³/mol. The highest BCUT2D eigenvalue weighted by Gasteiger charge is 2.20. The minimum Gasteiger partial charge on any atom is -0.465 e. The summed E-state index contributed by atoms with van der Waals surface area (Å²) in [5.74, 6) is 1.12. The summed E-state index contributed by atoms with van der Waals surface area (Å²) in [5.41, 5.74) is 4.55. The van der Waals surface area contributed by atoms with Gasteiger partial charge in [0, 0.05) is 16.6 Å². The summed E-state index contributed by atoms with van der Waals surface area (Å²) in [6.07, 6.45) is 4.38. The summed E-state index contributed by atoms with van der Waals surface area (Å²) >= 11 is 0. The zero-order valence-corrected chi connectivity index (χ0v) is 16.6. The first-order valence-electron chi connectivity index (χ1n) is 9.79. The molecule has 2 aromatic carbocycles. The molecule has 3 aromatic rings. The highest BCUT2D eigenvalue weighted by molar-refractivity contribution is 5.94. The number of carbonyl (C=O) groups excluding carboxylic acids is 1. The first-order valence-corrected chi connectivity index (χ1v) is 9.79. The Labute approximate surface area is 170 Å². The zero-order valence-electron chi connectivity index (χ0n) is 16.6. The lowest BCUT2D eigenvalue weighted by atomic mass is 9.93. The van der Waals surface area contributed by atoms with Crippen LogP contribution in [0.1, 0.15) is 26.2 Å². The van der Waals surface area contributed by atoms with Gasteiger partial charge in [0.25, 0.3) is 0 Å². The second-order valence-corrected chi connectivity index (χ2v) is 6.94. The molecule has 1 aromatic heterocycles. The van der Waals surface area contributed by atoms with Crippen LogP contribution in [0.4, 0.5) is 5.82 Å². The van der Waals surface area contributed by atoms with Gasteiger partial charge in [-0.2, -0.15) is 0 Å². The van der Waals surface area contributed by atoms with Crippen LogP contribution in [0.2, 0.25) is 0 Å². The molecule has 0 saturated heterocycles. The number of allylic oxidation sites excluding steroid dienone is 2. The minimum absolute atomic E-state index is 0.293. The van der Waals surface area contributed by atoms with Gasteiger partial charge < -0.3 is 10.1 Å². The standard InChI is InChI=1S/C24H23N3O2/c1-3-16-13-14-18(15-20(16)24(28)29-2)25-23-19-11-7-8-12-21(19)26-22(27-23)17-9-5-4-6-10-17/h4-12,15H,3,13-14H2,1-2H3,(H,25,26,27). The number of benzene rings is 2. The Morgan fingerprint density at radius 3 is 2.55 bits per heavy atom. The number of nitrogens with one attached hydrogen (secondary N) is 1. The molecule has 1 N–H and O–H groups in total. The third kappa shape index (κ3) is 3.90. The summed E-state index contributed by atoms with van der Waals surface area (Å²) < 4.78 is 4.97. The molecule has 0 saturated carbocycles. The molecule has 0 amide bonds. The van der Waals surface area contributed by atoms with Crippen molar-refractivity contribution in [3.63, 3.8) is 0 Å². The Morgan fingerprint density at radius 2 is 1.79 bits per heavy atom. The van der Waals surface area contributed by atoms with E-state index in [-0.39, 0.29) is 5.97 Å². The fourth-order valence-corrected chi connectivity index (χ4v) is 3.59. The molecule has 0 aliphatic heterocycles. The second kappa shape index (κ2) is 8.27. The Bertz CT molecular complexity index is 1120. The molecule has 1 aliphatic rings. The van der Waals surface area contributed by atoms with E-state index in [1.165, 1.54) is 7.11 Å². The molecule has 1 aliphatic carbocycles. The van der Waals surface area contributed by atoms with Crippen molar-refractivity contribution in [3.05, 3.63) is 77.5 Å². The average molecular weight is 385 g/mol. The van der Waals surface area contributed by atoms with Gasteiger partial charge in [-0.15, -0.1) is 0 Å². The smallest absolute Gasteiger partial charge is 0.337 e. The average Bonchev–Trinajstić information content (AvgIpc) is 2.79. The van der Waals surface area contributed by atoms with Crippen LogP contribution < -0.4 is 5.32 Å². The van der Waals surface area contributed by atoms with E-state index in [1.807, 2.05) is 60.7 Å². The SMILES string of the molecule is CCC1=C(C(=O)OC)C=C(Nc2nc(-c3ccccc3)nc3ccccc23)CC1. The summed E-state index contributed by atoms with van der Waals surface area (Å²) in [6, 6.07) is 17.9. The largest absolute Gasteiger partial charge is 0.465 e. The van der Waals surface area contributed by atoms with Crippen molar-refractivity contribution in [2.75, 3.05) is 12.4 Å². The molecule has 0 bridgehead atoms. The summed E-state index contributed by atoms with van der Waals surface area (Å²) in [4.78, 5) is 21.7. The fourth-order valence-electron chi connectivity index (χ4n) is 3.59. The van der Waals surface area contributed by atoms with E-state index >= 15 is 0 Å². The molecule has 1 heterocycles. The number of anilines is 1. The summed E-state index contributed by atoms with van der Waals surface area (Å²) in [7, 11) is 1.42. The van der Waals surface area contributed by atoms with Crippen molar-refractivity contribution in [1.29, 1.82) is 0 Å². The molecule has 146 valence electrons. The second-order valence-electron chi connectivity index (χ2n) is 6.94. The number of ether oxygens (including phenoxy) is 1. The number of esters is 1. The van der Waals surface area contributed by atoms with Gasteiger partial charge in [-0.25, -0.2) is 14.8 Å². The third-order valence-corrected chi connectivity index (χ3v) is 5.14. The van der Waals surface area contributed by atoms with Crippen LogP contribution in [0.5, 0.6) is 0 Å². The van der Waals surface area contributed by atoms with Crippen LogP contribution in [-0.4, -0.2) is 23.0 Å². The first-order chi connectivity index (χ1) is 14.2. The van der Waals surface area contributed by atoms with Gasteiger partial charge in [0.1, 0.15) is 5.82 Å². The van der Waals surface area contributed by atoms with Crippen molar-refractivity contribution in [2.24, 2.45) is 0 Å². The Kier molecular flexibility index (Phi) is 5.38. The van der Waals surface area contributed by atoms with Crippen LogP contribution in [0.3, 0.4) is 0 Å². The van der Waals surface area contributed by atoms with E-state index in [9.17, 15) is 4.79 Å². The topological polar surface area (TPSA) is 64.1 Å². The van der Waals surface area contributed by atoms with Gasteiger partial charge in [0.15, 0.2) is 5.82 Å². The van der Waals surface area contributed by atoms with Crippen molar-refractivity contribution < 1.29 is 9.53 Å². The van der Waals surface area contributed by atoms with Crippen molar-refractivity contribution >= 4 is 22.7 Å². The number of rotatable bonds is 5. The Balaban J connectivity index is 1.77. The highest BCUT2D eigenvalue weighted by atomic mass is 16.5. The van der Waals surface area contributed by atoms with E-state index in [1.54, 1.807) is 0 Å². The zero-order chi connectivity index (χ0) is 20.2. The molecule has 0 radical (unpaired) electrons. The Morgan fingerprint density at radius 1 is 1.03 bits per heavy atom. The van der Waals surface area contributed by atoms with Crippen molar-refractivity contribution in [3.8, 4) is 11.4 Å². The maximum atomic E-state index is 12.2. The van der Waals surface area contributed by atoms with E-state index < -0.39 is 0 Å². The quantitative estimate of drug-likeness (QED) is 0.607. The van der Waals surface area contributed by atoms with Gasteiger partial charge >= 0.3 is 5.97 Å². The summed E-state index contributed by atoms with van der Waals surface area (Å²) in [6.45, 7) is 2.06. The van der Waals surface area contributed by atoms with Crippen molar-refractivity contribution in [1.82, 2.24) is 9.97 Å². The van der Waals surface area contributed by atoms with E-state index in [0.29, 0.717) is 11.4 Å². The summed E-state index contributed by atoms with van der Waals surface area (Å²) in [5, 5.41) is 4.40. The number of para-hydroxylation sites is 1. The lowest BCUT2D eigenvalue weighted by Crippen LogP contribution is -2.14. The molecule has 5 nitrogen and oxygen atoms in total. The molecular formula is C24H23N3O2. The third-order valence-electron chi connectivity index (χ3n) is 5.14. The van der Waals surface area contributed by atoms with E-state index in [4.69, 9.17) is 14.7 Å². The Hall–Kier alpha value is -3.47. The van der Waals surface area contributed by atoms with Crippen LogP contribution in [0, 0.1) is 0 Å². The molecule has 0 spiro atoms. The highest BCUT2D eigenvalue weighted by Crippen LogP contribution is 2.30. The van der Waals surface area contributed by atoms with Crippen molar-refractivity contribution in [2.45, 2.75) is 26.2 Å². The minimum atomic E-state index is -0.293. The molecule has 4 rings (SSSR count). The van der Waals surface area contributed by atoms with Crippen LogP contribution in [-0.2, 0) is 9.53 Å². The van der Waals surface area contributed by atoms with Gasteiger partial charge in [-0.3, -0.25) is 0 Å². The maximum Gasteiger partial charge on any atom is 0.337 e. The maximum absolute atomic E-state index is 12.2. The first kappa shape index (κ1) is 18.9. The molecule has 0 unspecified atom stereocenters. The molecule has 0 atom stereocenters. The predicted octanol–water partition coefficient (Wildman–Crippen LogP) is 5.27. The number of hydrogen-bond acceptors (Lipinski definition) is 5. The molecule has 5 heteroatoms. The van der Waals surface area contributed by atoms with Crippen LogP contribution in [0.25, 0.3) is 22.3 Å². The molecule has 29 heavy (non-hydrogen) atoms. The number of hydrogen-bond donors (Lipinski definition) is 1.